The lowest BCUT2D eigenvalue weighted by Crippen LogP contribution is -2.47. The van der Waals surface area contributed by atoms with Crippen LogP contribution >= 0.6 is 0 Å². The number of nitrogens with zero attached hydrogens (tertiary/aromatic N) is 4. The van der Waals surface area contributed by atoms with Crippen molar-refractivity contribution < 1.29 is 0 Å². The van der Waals surface area contributed by atoms with E-state index in [1.807, 2.05) is 19.3 Å². The van der Waals surface area contributed by atoms with Crippen LogP contribution in [-0.4, -0.2) is 54.1 Å². The number of nitrogens with two attached hydrogens (primary N) is 1. The van der Waals surface area contributed by atoms with Gasteiger partial charge in [-0.25, -0.2) is 9.97 Å². The molecule has 1 fully saturated rings. The largest absolute Gasteiger partial charge is 0.338 e. The van der Waals surface area contributed by atoms with Crippen LogP contribution in [0.4, 0.5) is 5.95 Å². The number of rotatable bonds is 5. The van der Waals surface area contributed by atoms with E-state index < -0.39 is 0 Å². The number of aryl methyl sites for hydroxylation is 1. The summed E-state index contributed by atoms with van der Waals surface area (Å²) >= 11 is 0. The first-order chi connectivity index (χ1) is 8.79. The van der Waals surface area contributed by atoms with Crippen molar-refractivity contribution in [2.45, 2.75) is 19.8 Å². The summed E-state index contributed by atoms with van der Waals surface area (Å²) < 4.78 is 0. The standard InChI is InChI=1S/C13H23N5/c1-12-10-15-13(16-11-12)18-8-6-17(7-9-18)5-3-2-4-14/h10-11H,2-9,14H2,1H3. The van der Waals surface area contributed by atoms with Gasteiger partial charge in [0.15, 0.2) is 0 Å². The minimum absolute atomic E-state index is 0.803. The highest BCUT2D eigenvalue weighted by molar-refractivity contribution is 5.30. The van der Waals surface area contributed by atoms with E-state index in [1.165, 1.54) is 13.0 Å². The number of aromatic nitrogens is 2. The molecule has 0 aliphatic carbocycles. The van der Waals surface area contributed by atoms with E-state index in [2.05, 4.69) is 19.8 Å². The third-order valence-corrected chi connectivity index (χ3v) is 3.35. The molecule has 0 atom stereocenters. The Balaban J connectivity index is 1.77. The molecule has 1 aliphatic heterocycles. The Kier molecular flexibility index (Phi) is 4.90. The van der Waals surface area contributed by atoms with Gasteiger partial charge in [-0.2, -0.15) is 0 Å². The van der Waals surface area contributed by atoms with Crippen molar-refractivity contribution >= 4 is 5.95 Å². The molecule has 0 amide bonds. The maximum Gasteiger partial charge on any atom is 0.225 e. The van der Waals surface area contributed by atoms with Gasteiger partial charge < -0.3 is 10.6 Å². The smallest absolute Gasteiger partial charge is 0.225 e. The third-order valence-electron chi connectivity index (χ3n) is 3.35. The van der Waals surface area contributed by atoms with Gasteiger partial charge in [-0.15, -0.1) is 0 Å². The van der Waals surface area contributed by atoms with Gasteiger partial charge in [0, 0.05) is 38.6 Å². The van der Waals surface area contributed by atoms with Crippen LogP contribution in [0.15, 0.2) is 12.4 Å². The van der Waals surface area contributed by atoms with E-state index in [0.717, 1.165) is 50.7 Å². The van der Waals surface area contributed by atoms with Gasteiger partial charge in [0.1, 0.15) is 0 Å². The van der Waals surface area contributed by atoms with Gasteiger partial charge >= 0.3 is 0 Å². The highest BCUT2D eigenvalue weighted by atomic mass is 15.3. The molecular weight excluding hydrogens is 226 g/mol. The summed E-state index contributed by atoms with van der Waals surface area (Å²) in [6.07, 6.45) is 6.10. The average molecular weight is 249 g/mol. The Morgan fingerprint density at radius 3 is 2.39 bits per heavy atom. The van der Waals surface area contributed by atoms with Crippen LogP contribution in [-0.2, 0) is 0 Å². The molecule has 1 aromatic rings. The zero-order valence-corrected chi connectivity index (χ0v) is 11.2. The fourth-order valence-corrected chi connectivity index (χ4v) is 2.20. The molecule has 0 saturated carbocycles. The molecule has 0 unspecified atom stereocenters. The van der Waals surface area contributed by atoms with Crippen molar-refractivity contribution in [2.24, 2.45) is 5.73 Å². The van der Waals surface area contributed by atoms with Gasteiger partial charge in [0.05, 0.1) is 0 Å². The molecule has 1 aromatic heterocycles. The molecule has 0 aromatic carbocycles. The number of hydrogen-bond donors (Lipinski definition) is 1. The van der Waals surface area contributed by atoms with E-state index in [9.17, 15) is 0 Å². The Labute approximate surface area is 109 Å². The summed E-state index contributed by atoms with van der Waals surface area (Å²) in [4.78, 5) is 13.5. The van der Waals surface area contributed by atoms with Crippen molar-refractivity contribution in [3.63, 3.8) is 0 Å². The Morgan fingerprint density at radius 2 is 1.78 bits per heavy atom. The molecule has 5 nitrogen and oxygen atoms in total. The first-order valence-corrected chi connectivity index (χ1v) is 6.75. The monoisotopic (exact) mass is 249 g/mol. The molecule has 2 rings (SSSR count). The summed E-state index contributed by atoms with van der Waals surface area (Å²) in [7, 11) is 0. The van der Waals surface area contributed by atoms with Crippen LogP contribution in [0.25, 0.3) is 0 Å². The minimum atomic E-state index is 0.803. The average Bonchev–Trinajstić information content (AvgIpc) is 2.41. The summed E-state index contributed by atoms with van der Waals surface area (Å²) in [6, 6.07) is 0. The van der Waals surface area contributed by atoms with Crippen LogP contribution in [0.1, 0.15) is 18.4 Å². The van der Waals surface area contributed by atoms with Crippen molar-refractivity contribution in [3.8, 4) is 0 Å². The lowest BCUT2D eigenvalue weighted by Gasteiger charge is -2.34. The molecular formula is C13H23N5. The molecule has 18 heavy (non-hydrogen) atoms. The number of anilines is 1. The first kappa shape index (κ1) is 13.2. The molecule has 2 N–H and O–H groups in total. The van der Waals surface area contributed by atoms with Crippen molar-refractivity contribution in [1.82, 2.24) is 14.9 Å². The van der Waals surface area contributed by atoms with Gasteiger partial charge in [-0.05, 0) is 38.4 Å². The second-order valence-electron chi connectivity index (χ2n) is 4.88. The predicted molar refractivity (Wildman–Crippen MR) is 73.7 cm³/mol. The molecule has 0 radical (unpaired) electrons. The molecule has 1 aliphatic rings. The topological polar surface area (TPSA) is 58.3 Å². The van der Waals surface area contributed by atoms with Gasteiger partial charge in [0.25, 0.3) is 0 Å². The Hall–Kier alpha value is -1.20. The molecule has 1 saturated heterocycles. The lowest BCUT2D eigenvalue weighted by atomic mass is 10.2. The second-order valence-corrected chi connectivity index (χ2v) is 4.88. The second kappa shape index (κ2) is 6.66. The van der Waals surface area contributed by atoms with Crippen molar-refractivity contribution in [3.05, 3.63) is 18.0 Å². The first-order valence-electron chi connectivity index (χ1n) is 6.75. The van der Waals surface area contributed by atoms with Crippen molar-refractivity contribution in [2.75, 3.05) is 44.2 Å². The van der Waals surface area contributed by atoms with E-state index in [4.69, 9.17) is 5.73 Å². The van der Waals surface area contributed by atoms with Gasteiger partial charge in [0.2, 0.25) is 5.95 Å². The van der Waals surface area contributed by atoms with Crippen LogP contribution < -0.4 is 10.6 Å². The maximum absolute atomic E-state index is 5.51. The van der Waals surface area contributed by atoms with Crippen molar-refractivity contribution in [1.29, 1.82) is 0 Å². The third kappa shape index (κ3) is 3.65. The van der Waals surface area contributed by atoms with Gasteiger partial charge in [-0.3, -0.25) is 4.90 Å². The zero-order valence-electron chi connectivity index (χ0n) is 11.2. The predicted octanol–water partition coefficient (Wildman–Crippen LogP) is 0.646. The number of unbranched alkanes of at least 4 members (excludes halogenated alkanes) is 1. The SMILES string of the molecule is Cc1cnc(N2CCN(CCCCN)CC2)nc1. The van der Waals surface area contributed by atoms with Crippen LogP contribution in [0, 0.1) is 6.92 Å². The zero-order chi connectivity index (χ0) is 12.8. The number of hydrogen-bond acceptors (Lipinski definition) is 5. The summed E-state index contributed by atoms with van der Waals surface area (Å²) in [5, 5.41) is 0. The Morgan fingerprint density at radius 1 is 1.11 bits per heavy atom. The minimum Gasteiger partial charge on any atom is -0.338 e. The molecule has 5 heteroatoms. The highest BCUT2D eigenvalue weighted by Gasteiger charge is 2.18. The van der Waals surface area contributed by atoms with E-state index >= 15 is 0 Å². The lowest BCUT2D eigenvalue weighted by molar-refractivity contribution is 0.252. The number of piperazine rings is 1. The summed E-state index contributed by atoms with van der Waals surface area (Å²) in [5.74, 6) is 0.863. The fraction of sp³-hybridized carbons (Fsp3) is 0.692. The van der Waals surface area contributed by atoms with Crippen LogP contribution in [0.2, 0.25) is 0 Å². The van der Waals surface area contributed by atoms with E-state index in [1.54, 1.807) is 0 Å². The summed E-state index contributed by atoms with van der Waals surface area (Å²) in [6.45, 7) is 8.22. The molecule has 100 valence electrons. The van der Waals surface area contributed by atoms with Crippen LogP contribution in [0.3, 0.4) is 0 Å². The Bertz CT molecular complexity index is 343. The fourth-order valence-electron chi connectivity index (χ4n) is 2.20. The maximum atomic E-state index is 5.51. The van der Waals surface area contributed by atoms with Crippen LogP contribution in [0.5, 0.6) is 0 Å². The summed E-state index contributed by atoms with van der Waals surface area (Å²) in [5.41, 5.74) is 6.62. The molecule has 2 heterocycles. The molecule has 0 spiro atoms. The quantitative estimate of drug-likeness (QED) is 0.776. The highest BCUT2D eigenvalue weighted by Crippen LogP contribution is 2.10. The van der Waals surface area contributed by atoms with E-state index in [0.29, 0.717) is 0 Å². The van der Waals surface area contributed by atoms with E-state index in [-0.39, 0.29) is 0 Å². The normalized spacial score (nSPS) is 17.1. The van der Waals surface area contributed by atoms with Gasteiger partial charge in [-0.1, -0.05) is 0 Å². The molecule has 0 bridgehead atoms.